The smallest absolute Gasteiger partial charge is 0.0755 e. The van der Waals surface area contributed by atoms with Crippen molar-refractivity contribution in [3.63, 3.8) is 0 Å². The standard InChI is InChI=1S/C16H20N2O/c1-3-8-17-16-12-6-4-5-11(2)15(12)18-14-7-9-19-10-13(14)16/h4-6H,3,7-10H2,1-2H3,(H,17,18). The fourth-order valence-corrected chi connectivity index (χ4v) is 2.68. The minimum absolute atomic E-state index is 0.679. The van der Waals surface area contributed by atoms with Gasteiger partial charge in [-0.15, -0.1) is 0 Å². The highest BCUT2D eigenvalue weighted by atomic mass is 16.5. The number of benzene rings is 1. The number of ether oxygens (including phenoxy) is 1. The third kappa shape index (κ3) is 2.19. The van der Waals surface area contributed by atoms with E-state index in [1.807, 2.05) is 0 Å². The Kier molecular flexibility index (Phi) is 3.38. The number of para-hydroxylation sites is 1. The number of pyridine rings is 1. The maximum Gasteiger partial charge on any atom is 0.0755 e. The number of rotatable bonds is 3. The molecule has 1 aromatic heterocycles. The molecule has 3 heteroatoms. The van der Waals surface area contributed by atoms with Crippen LogP contribution in [-0.2, 0) is 17.8 Å². The number of nitrogens with one attached hydrogen (secondary N) is 1. The van der Waals surface area contributed by atoms with Gasteiger partial charge in [-0.2, -0.15) is 0 Å². The van der Waals surface area contributed by atoms with E-state index < -0.39 is 0 Å². The molecule has 0 amide bonds. The van der Waals surface area contributed by atoms with Crippen LogP contribution in [0.3, 0.4) is 0 Å². The number of fused-ring (bicyclic) bond motifs is 2. The van der Waals surface area contributed by atoms with Gasteiger partial charge >= 0.3 is 0 Å². The molecule has 0 fully saturated rings. The van der Waals surface area contributed by atoms with E-state index in [2.05, 4.69) is 37.4 Å². The molecular weight excluding hydrogens is 236 g/mol. The molecule has 0 aliphatic carbocycles. The maximum absolute atomic E-state index is 5.62. The zero-order valence-electron chi connectivity index (χ0n) is 11.6. The third-order valence-electron chi connectivity index (χ3n) is 3.69. The van der Waals surface area contributed by atoms with E-state index in [9.17, 15) is 0 Å². The predicted octanol–water partition coefficient (Wildman–Crippen LogP) is 3.44. The molecule has 2 aromatic rings. The summed E-state index contributed by atoms with van der Waals surface area (Å²) in [5.41, 5.74) is 6.04. The van der Waals surface area contributed by atoms with Gasteiger partial charge in [0.25, 0.3) is 0 Å². The van der Waals surface area contributed by atoms with Crippen molar-refractivity contribution in [2.45, 2.75) is 33.3 Å². The maximum atomic E-state index is 5.62. The van der Waals surface area contributed by atoms with Gasteiger partial charge in [-0.05, 0) is 18.9 Å². The lowest BCUT2D eigenvalue weighted by Gasteiger charge is -2.22. The van der Waals surface area contributed by atoms with E-state index >= 15 is 0 Å². The average Bonchev–Trinajstić information content (AvgIpc) is 2.44. The zero-order chi connectivity index (χ0) is 13.2. The summed E-state index contributed by atoms with van der Waals surface area (Å²) in [5, 5.41) is 4.79. The lowest BCUT2D eigenvalue weighted by Crippen LogP contribution is -2.16. The highest BCUT2D eigenvalue weighted by Gasteiger charge is 2.18. The Hall–Kier alpha value is -1.61. The summed E-state index contributed by atoms with van der Waals surface area (Å²) in [6.45, 7) is 6.76. The molecule has 0 radical (unpaired) electrons. The number of nitrogens with zero attached hydrogens (tertiary/aromatic N) is 1. The largest absolute Gasteiger partial charge is 0.384 e. The second-order valence-electron chi connectivity index (χ2n) is 5.11. The van der Waals surface area contributed by atoms with Crippen LogP contribution in [0.1, 0.15) is 30.2 Å². The number of hydrogen-bond acceptors (Lipinski definition) is 3. The van der Waals surface area contributed by atoms with Gasteiger partial charge in [0.1, 0.15) is 0 Å². The molecule has 0 spiro atoms. The van der Waals surface area contributed by atoms with Gasteiger partial charge in [0.2, 0.25) is 0 Å². The second-order valence-corrected chi connectivity index (χ2v) is 5.11. The van der Waals surface area contributed by atoms with Crippen LogP contribution in [0.4, 0.5) is 5.69 Å². The highest BCUT2D eigenvalue weighted by molar-refractivity contribution is 5.95. The molecule has 2 heterocycles. The van der Waals surface area contributed by atoms with Crippen molar-refractivity contribution in [2.75, 3.05) is 18.5 Å². The topological polar surface area (TPSA) is 34.2 Å². The zero-order valence-corrected chi connectivity index (χ0v) is 11.6. The van der Waals surface area contributed by atoms with Crippen LogP contribution >= 0.6 is 0 Å². The summed E-state index contributed by atoms with van der Waals surface area (Å²) in [6.07, 6.45) is 2.03. The fourth-order valence-electron chi connectivity index (χ4n) is 2.68. The molecule has 1 aliphatic rings. The first-order chi connectivity index (χ1) is 9.31. The number of hydrogen-bond donors (Lipinski definition) is 1. The third-order valence-corrected chi connectivity index (χ3v) is 3.69. The lowest BCUT2D eigenvalue weighted by molar-refractivity contribution is 0.110. The first-order valence-corrected chi connectivity index (χ1v) is 7.04. The first-order valence-electron chi connectivity index (χ1n) is 7.04. The summed E-state index contributed by atoms with van der Waals surface area (Å²) < 4.78 is 5.62. The van der Waals surface area contributed by atoms with E-state index in [-0.39, 0.29) is 0 Å². The Bertz CT molecular complexity index is 607. The highest BCUT2D eigenvalue weighted by Crippen LogP contribution is 2.32. The molecule has 3 nitrogen and oxygen atoms in total. The Labute approximate surface area is 114 Å². The van der Waals surface area contributed by atoms with Crippen LogP contribution in [0.2, 0.25) is 0 Å². The van der Waals surface area contributed by atoms with Gasteiger partial charge in [-0.1, -0.05) is 25.1 Å². The van der Waals surface area contributed by atoms with E-state index in [1.54, 1.807) is 0 Å². The molecule has 0 saturated heterocycles. The molecule has 0 bridgehead atoms. The molecular formula is C16H20N2O. The minimum atomic E-state index is 0.679. The van der Waals surface area contributed by atoms with Crippen LogP contribution in [0, 0.1) is 6.92 Å². The number of aromatic nitrogens is 1. The lowest BCUT2D eigenvalue weighted by atomic mass is 10.0. The summed E-state index contributed by atoms with van der Waals surface area (Å²) >= 11 is 0. The van der Waals surface area contributed by atoms with Crippen molar-refractivity contribution < 1.29 is 4.74 Å². The quantitative estimate of drug-likeness (QED) is 0.913. The molecule has 1 aliphatic heterocycles. The Balaban J connectivity index is 2.24. The Morgan fingerprint density at radius 2 is 2.26 bits per heavy atom. The first kappa shape index (κ1) is 12.4. The number of aryl methyl sites for hydroxylation is 1. The van der Waals surface area contributed by atoms with Gasteiger partial charge in [0.05, 0.1) is 30.1 Å². The van der Waals surface area contributed by atoms with Gasteiger partial charge < -0.3 is 10.1 Å². The van der Waals surface area contributed by atoms with Gasteiger partial charge in [-0.25, -0.2) is 0 Å². The summed E-state index contributed by atoms with van der Waals surface area (Å²) in [5.74, 6) is 0. The van der Waals surface area contributed by atoms with Crippen molar-refractivity contribution >= 4 is 16.6 Å². The van der Waals surface area contributed by atoms with E-state index in [0.717, 1.165) is 31.5 Å². The van der Waals surface area contributed by atoms with E-state index in [1.165, 1.54) is 27.9 Å². The monoisotopic (exact) mass is 256 g/mol. The SMILES string of the molecule is CCCNc1c2c(nc3c(C)cccc13)CCOC2. The predicted molar refractivity (Wildman–Crippen MR) is 78.6 cm³/mol. The van der Waals surface area contributed by atoms with Crippen LogP contribution in [-0.4, -0.2) is 18.1 Å². The van der Waals surface area contributed by atoms with Gasteiger partial charge in [-0.3, -0.25) is 4.98 Å². The molecule has 0 saturated carbocycles. The minimum Gasteiger partial charge on any atom is -0.384 e. The van der Waals surface area contributed by atoms with Crippen molar-refractivity contribution in [3.05, 3.63) is 35.0 Å². The van der Waals surface area contributed by atoms with Gasteiger partial charge in [0.15, 0.2) is 0 Å². The molecule has 0 unspecified atom stereocenters. The van der Waals surface area contributed by atoms with Crippen LogP contribution in [0.25, 0.3) is 10.9 Å². The molecule has 1 aromatic carbocycles. The van der Waals surface area contributed by atoms with E-state index in [0.29, 0.717) is 6.61 Å². The fraction of sp³-hybridized carbons (Fsp3) is 0.438. The summed E-state index contributed by atoms with van der Waals surface area (Å²) in [4.78, 5) is 4.86. The van der Waals surface area contributed by atoms with Crippen molar-refractivity contribution in [2.24, 2.45) is 0 Å². The van der Waals surface area contributed by atoms with Crippen molar-refractivity contribution in [1.29, 1.82) is 0 Å². The molecule has 0 atom stereocenters. The molecule has 1 N–H and O–H groups in total. The number of anilines is 1. The Morgan fingerprint density at radius 3 is 3.11 bits per heavy atom. The second kappa shape index (κ2) is 5.17. The van der Waals surface area contributed by atoms with Crippen molar-refractivity contribution in [3.8, 4) is 0 Å². The normalized spacial score (nSPS) is 14.4. The van der Waals surface area contributed by atoms with E-state index in [4.69, 9.17) is 9.72 Å². The molecule has 100 valence electrons. The van der Waals surface area contributed by atoms with Gasteiger partial charge in [0, 0.05) is 23.9 Å². The molecule has 3 rings (SSSR count). The van der Waals surface area contributed by atoms with Crippen LogP contribution < -0.4 is 5.32 Å². The summed E-state index contributed by atoms with van der Waals surface area (Å²) in [6, 6.07) is 6.39. The van der Waals surface area contributed by atoms with Crippen LogP contribution in [0.15, 0.2) is 18.2 Å². The summed E-state index contributed by atoms with van der Waals surface area (Å²) in [7, 11) is 0. The van der Waals surface area contributed by atoms with Crippen LogP contribution in [0.5, 0.6) is 0 Å². The molecule has 19 heavy (non-hydrogen) atoms. The Morgan fingerprint density at radius 1 is 1.37 bits per heavy atom. The average molecular weight is 256 g/mol. The van der Waals surface area contributed by atoms with Crippen molar-refractivity contribution in [1.82, 2.24) is 4.98 Å².